The lowest BCUT2D eigenvalue weighted by molar-refractivity contribution is -0.141. The van der Waals surface area contributed by atoms with Crippen LogP contribution in [0.5, 0.6) is 0 Å². The highest BCUT2D eigenvalue weighted by Gasteiger charge is 2.41. The minimum Gasteiger partial charge on any atom is -0.480 e. The van der Waals surface area contributed by atoms with Crippen molar-refractivity contribution >= 4 is 27.8 Å². The molecular weight excluding hydrogens is 352 g/mol. The predicted molar refractivity (Wildman–Crippen MR) is 71.9 cm³/mol. The molecule has 8 heteroatoms. The summed E-state index contributed by atoms with van der Waals surface area (Å²) in [7, 11) is 1.39. The van der Waals surface area contributed by atoms with Gasteiger partial charge in [-0.3, -0.25) is 4.79 Å². The molecule has 1 fully saturated rings. The number of amides is 1. The summed E-state index contributed by atoms with van der Waals surface area (Å²) in [6.07, 6.45) is -0.395. The molecule has 5 nitrogen and oxygen atoms in total. The van der Waals surface area contributed by atoms with Crippen LogP contribution in [0.4, 0.5) is 8.78 Å². The van der Waals surface area contributed by atoms with Crippen molar-refractivity contribution in [1.29, 1.82) is 0 Å². The first-order valence-corrected chi connectivity index (χ1v) is 6.85. The van der Waals surface area contributed by atoms with Gasteiger partial charge in [0.15, 0.2) is 0 Å². The van der Waals surface area contributed by atoms with Crippen LogP contribution in [-0.4, -0.2) is 47.7 Å². The van der Waals surface area contributed by atoms with E-state index in [9.17, 15) is 18.4 Å². The lowest BCUT2D eigenvalue weighted by Crippen LogP contribution is -2.41. The molecule has 0 bridgehead atoms. The molecule has 0 aliphatic carbocycles. The quantitative estimate of drug-likeness (QED) is 0.892. The number of aliphatic carboxylic acids is 1. The Kier molecular flexibility index (Phi) is 4.58. The molecule has 2 atom stereocenters. The van der Waals surface area contributed by atoms with Crippen LogP contribution in [0.1, 0.15) is 16.8 Å². The number of nitrogens with zero attached hydrogens (tertiary/aromatic N) is 1. The summed E-state index contributed by atoms with van der Waals surface area (Å²) >= 11 is 2.92. The van der Waals surface area contributed by atoms with Gasteiger partial charge in [-0.15, -0.1) is 0 Å². The van der Waals surface area contributed by atoms with Crippen LogP contribution in [0.3, 0.4) is 0 Å². The number of hydrogen-bond acceptors (Lipinski definition) is 3. The number of likely N-dealkylation sites (tertiary alicyclic amines) is 1. The highest BCUT2D eigenvalue weighted by atomic mass is 79.9. The van der Waals surface area contributed by atoms with Gasteiger partial charge in [0, 0.05) is 24.5 Å². The molecule has 1 aromatic carbocycles. The Bertz CT molecular complexity index is 573. The molecule has 0 saturated carbocycles. The number of ether oxygens (including phenoxy) is 1. The van der Waals surface area contributed by atoms with Gasteiger partial charge in [0.2, 0.25) is 0 Å². The topological polar surface area (TPSA) is 66.8 Å². The molecule has 1 amide bonds. The first-order chi connectivity index (χ1) is 9.85. The number of rotatable bonds is 3. The lowest BCUT2D eigenvalue weighted by atomic mass is 10.1. The Balaban J connectivity index is 2.37. The van der Waals surface area contributed by atoms with Crippen molar-refractivity contribution in [2.75, 3.05) is 13.7 Å². The second-order valence-corrected chi connectivity index (χ2v) is 5.57. The fourth-order valence-corrected chi connectivity index (χ4v) is 2.72. The molecule has 1 aromatic rings. The zero-order chi connectivity index (χ0) is 15.7. The van der Waals surface area contributed by atoms with Crippen LogP contribution in [-0.2, 0) is 9.53 Å². The number of carbonyl (C=O) groups is 2. The Morgan fingerprint density at radius 3 is 2.43 bits per heavy atom. The molecule has 1 saturated heterocycles. The lowest BCUT2D eigenvalue weighted by Gasteiger charge is -2.21. The smallest absolute Gasteiger partial charge is 0.326 e. The van der Waals surface area contributed by atoms with Crippen molar-refractivity contribution in [3.05, 3.63) is 33.8 Å². The van der Waals surface area contributed by atoms with E-state index < -0.39 is 41.2 Å². The van der Waals surface area contributed by atoms with Crippen LogP contribution in [0.25, 0.3) is 0 Å². The summed E-state index contributed by atoms with van der Waals surface area (Å²) in [4.78, 5) is 24.4. The van der Waals surface area contributed by atoms with Gasteiger partial charge >= 0.3 is 5.97 Å². The maximum absolute atomic E-state index is 13.8. The number of carbonyl (C=O) groups excluding carboxylic acids is 1. The molecular formula is C13H12BrF2NO4. The van der Waals surface area contributed by atoms with Gasteiger partial charge in [0.1, 0.15) is 23.2 Å². The maximum atomic E-state index is 13.8. The Morgan fingerprint density at radius 1 is 1.38 bits per heavy atom. The SMILES string of the molecule is COC1CC(C(=O)O)N(C(=O)c2c(F)cc(Br)cc2F)C1. The second-order valence-electron chi connectivity index (χ2n) is 4.65. The van der Waals surface area contributed by atoms with Crippen LogP contribution in [0.2, 0.25) is 0 Å². The second kappa shape index (κ2) is 6.07. The highest BCUT2D eigenvalue weighted by molar-refractivity contribution is 9.10. The number of carboxylic acids is 1. The first-order valence-electron chi connectivity index (χ1n) is 6.06. The van der Waals surface area contributed by atoms with Crippen molar-refractivity contribution in [1.82, 2.24) is 4.90 Å². The zero-order valence-electron chi connectivity index (χ0n) is 11.0. The maximum Gasteiger partial charge on any atom is 0.326 e. The summed E-state index contributed by atoms with van der Waals surface area (Å²) in [6.45, 7) is -0.0265. The fraction of sp³-hybridized carbons (Fsp3) is 0.385. The third-order valence-corrected chi connectivity index (χ3v) is 3.82. The van der Waals surface area contributed by atoms with E-state index in [1.54, 1.807) is 0 Å². The summed E-state index contributed by atoms with van der Waals surface area (Å²) in [5.74, 6) is -4.32. The van der Waals surface area contributed by atoms with Crippen molar-refractivity contribution in [3.8, 4) is 0 Å². The van der Waals surface area contributed by atoms with Crippen molar-refractivity contribution < 1.29 is 28.2 Å². The van der Waals surface area contributed by atoms with E-state index in [-0.39, 0.29) is 17.4 Å². The number of halogens is 3. The van der Waals surface area contributed by atoms with E-state index in [1.165, 1.54) is 7.11 Å². The van der Waals surface area contributed by atoms with Crippen molar-refractivity contribution in [2.45, 2.75) is 18.6 Å². The molecule has 0 radical (unpaired) electrons. The number of benzene rings is 1. The summed E-state index contributed by atoms with van der Waals surface area (Å²) < 4.78 is 32.8. The van der Waals surface area contributed by atoms with Gasteiger partial charge in [-0.2, -0.15) is 0 Å². The standard InChI is InChI=1S/C13H12BrF2NO4/c1-21-7-4-10(13(19)20)17(5-7)12(18)11-8(15)2-6(14)3-9(11)16/h2-3,7,10H,4-5H2,1H3,(H,19,20). The van der Waals surface area contributed by atoms with E-state index in [2.05, 4.69) is 15.9 Å². The molecule has 0 spiro atoms. The third-order valence-electron chi connectivity index (χ3n) is 3.36. The predicted octanol–water partition coefficient (Wildman–Crippen LogP) is 2.04. The molecule has 21 heavy (non-hydrogen) atoms. The first kappa shape index (κ1) is 15.8. The third kappa shape index (κ3) is 3.06. The van der Waals surface area contributed by atoms with E-state index in [0.29, 0.717) is 0 Å². The van der Waals surface area contributed by atoms with Crippen LogP contribution < -0.4 is 0 Å². The molecule has 1 N–H and O–H groups in total. The largest absolute Gasteiger partial charge is 0.480 e. The van der Waals surface area contributed by atoms with E-state index in [1.807, 2.05) is 0 Å². The fourth-order valence-electron chi connectivity index (χ4n) is 2.32. The van der Waals surface area contributed by atoms with E-state index >= 15 is 0 Å². The zero-order valence-corrected chi connectivity index (χ0v) is 12.6. The van der Waals surface area contributed by atoms with Crippen LogP contribution >= 0.6 is 15.9 Å². The minimum atomic E-state index is -1.24. The van der Waals surface area contributed by atoms with Crippen molar-refractivity contribution in [2.24, 2.45) is 0 Å². The molecule has 0 aromatic heterocycles. The summed E-state index contributed by atoms with van der Waals surface area (Å²) in [6, 6.07) is 0.747. The molecule has 2 unspecified atom stereocenters. The van der Waals surface area contributed by atoms with Gasteiger partial charge in [-0.1, -0.05) is 15.9 Å². The van der Waals surface area contributed by atoms with Gasteiger partial charge in [-0.25, -0.2) is 13.6 Å². The average Bonchev–Trinajstić information content (AvgIpc) is 2.81. The van der Waals surface area contributed by atoms with Crippen molar-refractivity contribution in [3.63, 3.8) is 0 Å². The van der Waals surface area contributed by atoms with E-state index in [4.69, 9.17) is 9.84 Å². The molecule has 114 valence electrons. The van der Waals surface area contributed by atoms with Gasteiger partial charge in [-0.05, 0) is 12.1 Å². The number of methoxy groups -OCH3 is 1. The van der Waals surface area contributed by atoms with Crippen LogP contribution in [0.15, 0.2) is 16.6 Å². The molecule has 1 aliphatic heterocycles. The Labute approximate surface area is 127 Å². The van der Waals surface area contributed by atoms with Crippen LogP contribution in [0, 0.1) is 11.6 Å². The summed E-state index contributed by atoms with van der Waals surface area (Å²) in [5, 5.41) is 9.13. The van der Waals surface area contributed by atoms with E-state index in [0.717, 1.165) is 17.0 Å². The van der Waals surface area contributed by atoms with Gasteiger partial charge < -0.3 is 14.7 Å². The summed E-state index contributed by atoms with van der Waals surface area (Å²) in [5.41, 5.74) is -0.763. The Hall–Kier alpha value is -1.54. The molecule has 1 heterocycles. The number of hydrogen-bond donors (Lipinski definition) is 1. The monoisotopic (exact) mass is 363 g/mol. The average molecular weight is 364 g/mol. The number of carboxylic acid groups (broad SMARTS) is 1. The van der Waals surface area contributed by atoms with Gasteiger partial charge in [0.25, 0.3) is 5.91 Å². The molecule has 2 rings (SSSR count). The normalized spacial score (nSPS) is 21.6. The minimum absolute atomic E-state index is 0.0265. The molecule has 1 aliphatic rings. The van der Waals surface area contributed by atoms with Gasteiger partial charge in [0.05, 0.1) is 6.10 Å². The Morgan fingerprint density at radius 2 is 1.95 bits per heavy atom. The highest BCUT2D eigenvalue weighted by Crippen LogP contribution is 2.26.